The van der Waals surface area contributed by atoms with Gasteiger partial charge in [-0.3, -0.25) is 14.6 Å². The van der Waals surface area contributed by atoms with Gasteiger partial charge in [-0.15, -0.1) is 0 Å². The average Bonchev–Trinajstić information content (AvgIpc) is 2.92. The number of ketones is 1. The molecular formula is C31H28N2O4. The molecule has 6 nitrogen and oxygen atoms in total. The number of benzene rings is 3. The molecule has 0 aliphatic heterocycles. The highest BCUT2D eigenvalue weighted by Crippen LogP contribution is 2.29. The van der Waals surface area contributed by atoms with E-state index in [0.29, 0.717) is 22.4 Å². The van der Waals surface area contributed by atoms with Crippen LogP contribution in [0.15, 0.2) is 78.9 Å². The third kappa shape index (κ3) is 5.59. The van der Waals surface area contributed by atoms with Crippen LogP contribution in [0.1, 0.15) is 63.2 Å². The summed E-state index contributed by atoms with van der Waals surface area (Å²) in [6.07, 6.45) is 5.94. The minimum absolute atomic E-state index is 0.0909. The van der Waals surface area contributed by atoms with Gasteiger partial charge in [-0.05, 0) is 61.6 Å². The number of aromatic nitrogens is 1. The first-order chi connectivity index (χ1) is 18.1. The number of anilines is 1. The number of esters is 1. The van der Waals surface area contributed by atoms with E-state index < -0.39 is 18.5 Å². The molecule has 37 heavy (non-hydrogen) atoms. The Hall–Kier alpha value is -4.32. The zero-order valence-electron chi connectivity index (χ0n) is 20.5. The minimum atomic E-state index is -0.505. The van der Waals surface area contributed by atoms with E-state index in [2.05, 4.69) is 5.32 Å². The number of carbonyl (C=O) groups excluding carboxylic acids is 3. The molecule has 1 aromatic heterocycles. The number of nitrogens with zero attached hydrogens (tertiary/aromatic N) is 1. The third-order valence-electron chi connectivity index (χ3n) is 6.67. The maximum absolute atomic E-state index is 13.3. The Balaban J connectivity index is 1.27. The number of pyridine rings is 1. The van der Waals surface area contributed by atoms with Crippen molar-refractivity contribution in [3.8, 4) is 0 Å². The Labute approximate surface area is 215 Å². The van der Waals surface area contributed by atoms with Crippen molar-refractivity contribution in [3.05, 3.63) is 107 Å². The smallest absolute Gasteiger partial charge is 0.339 e. The Kier molecular flexibility index (Phi) is 7.36. The number of nitrogens with one attached hydrogen (secondary N) is 1. The molecule has 0 unspecified atom stereocenters. The minimum Gasteiger partial charge on any atom is -0.452 e. The third-order valence-corrected chi connectivity index (χ3v) is 6.67. The molecule has 0 saturated carbocycles. The SMILES string of the molecule is O=C(COC(=O)c1c2c(nc3ccccc13)CCCCCC2)Nc1ccc(C(=O)c2ccccc2)cc1. The Bertz CT molecular complexity index is 1450. The number of ether oxygens (including phenoxy) is 1. The molecule has 1 amide bonds. The molecule has 6 heteroatoms. The summed E-state index contributed by atoms with van der Waals surface area (Å²) in [6.45, 7) is -0.408. The Morgan fingerprint density at radius 3 is 2.22 bits per heavy atom. The number of para-hydroxylation sites is 1. The van der Waals surface area contributed by atoms with Crippen molar-refractivity contribution in [2.45, 2.75) is 38.5 Å². The van der Waals surface area contributed by atoms with Gasteiger partial charge in [0.2, 0.25) is 0 Å². The molecule has 0 fully saturated rings. The molecule has 0 atom stereocenters. The maximum atomic E-state index is 13.3. The van der Waals surface area contributed by atoms with Crippen LogP contribution in [0.4, 0.5) is 5.69 Å². The highest BCUT2D eigenvalue weighted by molar-refractivity contribution is 6.09. The molecule has 3 aromatic carbocycles. The highest BCUT2D eigenvalue weighted by atomic mass is 16.5. The van der Waals surface area contributed by atoms with Crippen LogP contribution >= 0.6 is 0 Å². The van der Waals surface area contributed by atoms with E-state index >= 15 is 0 Å². The molecule has 0 bridgehead atoms. The van der Waals surface area contributed by atoms with Crippen LogP contribution in [0.2, 0.25) is 0 Å². The van der Waals surface area contributed by atoms with Gasteiger partial charge in [0.25, 0.3) is 5.91 Å². The lowest BCUT2D eigenvalue weighted by Crippen LogP contribution is -2.22. The molecule has 0 radical (unpaired) electrons. The summed E-state index contributed by atoms with van der Waals surface area (Å²) in [5.41, 5.74) is 4.84. The predicted octanol–water partition coefficient (Wildman–Crippen LogP) is 5.92. The number of amides is 1. The molecule has 0 spiro atoms. The maximum Gasteiger partial charge on any atom is 0.339 e. The van der Waals surface area contributed by atoms with Crippen LogP contribution in [-0.2, 0) is 22.4 Å². The lowest BCUT2D eigenvalue weighted by atomic mass is 9.91. The van der Waals surface area contributed by atoms with Crippen molar-refractivity contribution in [2.75, 3.05) is 11.9 Å². The Morgan fingerprint density at radius 2 is 1.43 bits per heavy atom. The number of aryl methyl sites for hydroxylation is 1. The monoisotopic (exact) mass is 492 g/mol. The average molecular weight is 493 g/mol. The van der Waals surface area contributed by atoms with Crippen molar-refractivity contribution in [1.29, 1.82) is 0 Å². The number of hydrogen-bond donors (Lipinski definition) is 1. The summed E-state index contributed by atoms with van der Waals surface area (Å²) in [5.74, 6) is -1.04. The summed E-state index contributed by atoms with van der Waals surface area (Å²) in [7, 11) is 0. The summed E-state index contributed by atoms with van der Waals surface area (Å²) in [6, 6.07) is 23.3. The van der Waals surface area contributed by atoms with Gasteiger partial charge in [-0.25, -0.2) is 4.79 Å². The first-order valence-electron chi connectivity index (χ1n) is 12.7. The lowest BCUT2D eigenvalue weighted by Gasteiger charge is -2.18. The number of carbonyl (C=O) groups is 3. The highest BCUT2D eigenvalue weighted by Gasteiger charge is 2.23. The largest absolute Gasteiger partial charge is 0.452 e. The van der Waals surface area contributed by atoms with Gasteiger partial charge in [0.05, 0.1) is 11.1 Å². The van der Waals surface area contributed by atoms with Crippen LogP contribution in [0, 0.1) is 0 Å². The van der Waals surface area contributed by atoms with Crippen LogP contribution in [0.5, 0.6) is 0 Å². The fraction of sp³-hybridized carbons (Fsp3) is 0.226. The molecule has 5 rings (SSSR count). The van der Waals surface area contributed by atoms with Gasteiger partial charge in [0, 0.05) is 27.9 Å². The van der Waals surface area contributed by atoms with Gasteiger partial charge in [-0.2, -0.15) is 0 Å². The number of rotatable bonds is 6. The van der Waals surface area contributed by atoms with Gasteiger partial charge < -0.3 is 10.1 Å². The molecule has 186 valence electrons. The quantitative estimate of drug-likeness (QED) is 0.267. The lowest BCUT2D eigenvalue weighted by molar-refractivity contribution is -0.119. The first kappa shape index (κ1) is 24.4. The summed E-state index contributed by atoms with van der Waals surface area (Å²) in [5, 5.41) is 3.49. The second kappa shape index (κ2) is 11.2. The zero-order chi connectivity index (χ0) is 25.6. The van der Waals surface area contributed by atoms with Crippen LogP contribution in [-0.4, -0.2) is 29.3 Å². The molecular weight excluding hydrogens is 464 g/mol. The summed E-state index contributed by atoms with van der Waals surface area (Å²) in [4.78, 5) is 43.3. The van der Waals surface area contributed by atoms with Crippen molar-refractivity contribution in [3.63, 3.8) is 0 Å². The van der Waals surface area contributed by atoms with E-state index in [9.17, 15) is 14.4 Å². The van der Waals surface area contributed by atoms with Gasteiger partial charge in [0.1, 0.15) is 0 Å². The Morgan fingerprint density at radius 1 is 0.757 bits per heavy atom. The van der Waals surface area contributed by atoms with E-state index in [4.69, 9.17) is 9.72 Å². The fourth-order valence-corrected chi connectivity index (χ4v) is 4.82. The van der Waals surface area contributed by atoms with Crippen molar-refractivity contribution < 1.29 is 19.1 Å². The van der Waals surface area contributed by atoms with Gasteiger partial charge in [0.15, 0.2) is 12.4 Å². The van der Waals surface area contributed by atoms with Crippen molar-refractivity contribution in [1.82, 2.24) is 4.98 Å². The van der Waals surface area contributed by atoms with Crippen LogP contribution in [0.25, 0.3) is 10.9 Å². The molecule has 1 N–H and O–H groups in total. The second-order valence-electron chi connectivity index (χ2n) is 9.24. The first-order valence-corrected chi connectivity index (χ1v) is 12.7. The van der Waals surface area contributed by atoms with Crippen molar-refractivity contribution in [2.24, 2.45) is 0 Å². The van der Waals surface area contributed by atoms with Gasteiger partial charge >= 0.3 is 5.97 Å². The second-order valence-corrected chi connectivity index (χ2v) is 9.24. The van der Waals surface area contributed by atoms with Crippen LogP contribution in [0.3, 0.4) is 0 Å². The molecule has 1 aliphatic rings. The normalized spacial score (nSPS) is 13.2. The number of hydrogen-bond acceptors (Lipinski definition) is 5. The van der Waals surface area contributed by atoms with E-state index in [-0.39, 0.29) is 5.78 Å². The summed E-state index contributed by atoms with van der Waals surface area (Å²) >= 11 is 0. The number of fused-ring (bicyclic) bond motifs is 2. The summed E-state index contributed by atoms with van der Waals surface area (Å²) < 4.78 is 5.50. The van der Waals surface area contributed by atoms with E-state index in [1.54, 1.807) is 36.4 Å². The van der Waals surface area contributed by atoms with Gasteiger partial charge in [-0.1, -0.05) is 61.4 Å². The molecule has 1 aliphatic carbocycles. The van der Waals surface area contributed by atoms with E-state index in [1.807, 2.05) is 42.5 Å². The molecule has 4 aromatic rings. The van der Waals surface area contributed by atoms with Crippen molar-refractivity contribution >= 4 is 34.3 Å². The van der Waals surface area contributed by atoms with E-state index in [1.165, 1.54) is 0 Å². The topological polar surface area (TPSA) is 85.4 Å². The van der Waals surface area contributed by atoms with E-state index in [0.717, 1.165) is 60.7 Å². The fourth-order valence-electron chi connectivity index (χ4n) is 4.82. The standard InChI is InChI=1S/C31H28N2O4/c34-28(32-23-18-16-22(17-19-23)30(35)21-10-4-3-5-11-21)20-37-31(36)29-24-12-6-1-2-7-14-26(24)33-27-15-9-8-13-25(27)29/h3-5,8-11,13,15-19H,1-2,6-7,12,14,20H2,(H,32,34). The predicted molar refractivity (Wildman–Crippen MR) is 143 cm³/mol. The zero-order valence-corrected chi connectivity index (χ0v) is 20.5. The molecule has 1 heterocycles. The van der Waals surface area contributed by atoms with Crippen LogP contribution < -0.4 is 5.32 Å². The molecule has 0 saturated heterocycles.